The molecule has 0 unspecified atom stereocenters. The molecular formula is C12H17F3IN3O. The fourth-order valence-electron chi connectivity index (χ4n) is 1.37. The molecule has 0 aliphatic rings. The Morgan fingerprint density at radius 3 is 2.75 bits per heavy atom. The molecule has 0 aromatic heterocycles. The van der Waals surface area contributed by atoms with Gasteiger partial charge in [-0.3, -0.25) is 0 Å². The Morgan fingerprint density at radius 1 is 1.45 bits per heavy atom. The minimum atomic E-state index is -3.01. The van der Waals surface area contributed by atoms with Crippen molar-refractivity contribution in [2.45, 2.75) is 26.5 Å². The Labute approximate surface area is 132 Å². The van der Waals surface area contributed by atoms with Gasteiger partial charge in [0.15, 0.2) is 5.96 Å². The molecule has 0 fully saturated rings. The zero-order valence-corrected chi connectivity index (χ0v) is 13.2. The number of aliphatic imine (C=N–C) groups is 1. The second-order valence-electron chi connectivity index (χ2n) is 3.72. The van der Waals surface area contributed by atoms with Crippen LogP contribution >= 0.6 is 24.0 Å². The molecule has 114 valence electrons. The average molecular weight is 403 g/mol. The van der Waals surface area contributed by atoms with Crippen molar-refractivity contribution >= 4 is 29.9 Å². The van der Waals surface area contributed by atoms with Crippen molar-refractivity contribution in [1.82, 2.24) is 5.32 Å². The molecule has 20 heavy (non-hydrogen) atoms. The number of benzene rings is 1. The lowest BCUT2D eigenvalue weighted by Crippen LogP contribution is -2.32. The first kappa shape index (κ1) is 18.8. The van der Waals surface area contributed by atoms with Gasteiger partial charge in [0, 0.05) is 6.54 Å². The van der Waals surface area contributed by atoms with Crippen LogP contribution in [0.15, 0.2) is 23.2 Å². The summed E-state index contributed by atoms with van der Waals surface area (Å²) in [6, 6.07) is 3.70. The van der Waals surface area contributed by atoms with Gasteiger partial charge in [-0.15, -0.1) is 24.0 Å². The van der Waals surface area contributed by atoms with Crippen molar-refractivity contribution in [3.8, 4) is 5.75 Å². The van der Waals surface area contributed by atoms with Crippen LogP contribution in [-0.2, 0) is 6.54 Å². The molecule has 0 radical (unpaired) electrons. The van der Waals surface area contributed by atoms with Crippen LogP contribution in [0.3, 0.4) is 0 Å². The van der Waals surface area contributed by atoms with Crippen LogP contribution in [0.25, 0.3) is 0 Å². The Balaban J connectivity index is 0.00000361. The van der Waals surface area contributed by atoms with E-state index in [0.717, 1.165) is 12.5 Å². The SMILES string of the molecule is CCCNC(N)=NCc1c(F)cccc1OC(F)F.I. The van der Waals surface area contributed by atoms with Gasteiger partial charge >= 0.3 is 6.61 Å². The highest BCUT2D eigenvalue weighted by atomic mass is 127. The summed E-state index contributed by atoms with van der Waals surface area (Å²) >= 11 is 0. The van der Waals surface area contributed by atoms with Crippen molar-refractivity contribution in [3.05, 3.63) is 29.6 Å². The zero-order valence-electron chi connectivity index (χ0n) is 10.9. The van der Waals surface area contributed by atoms with E-state index in [1.54, 1.807) is 0 Å². The van der Waals surface area contributed by atoms with E-state index < -0.39 is 12.4 Å². The molecule has 1 aromatic carbocycles. The van der Waals surface area contributed by atoms with Crippen LogP contribution in [0.5, 0.6) is 5.75 Å². The van der Waals surface area contributed by atoms with Crippen molar-refractivity contribution in [3.63, 3.8) is 0 Å². The molecule has 0 bridgehead atoms. The summed E-state index contributed by atoms with van der Waals surface area (Å²) < 4.78 is 42.1. The van der Waals surface area contributed by atoms with E-state index in [-0.39, 0.29) is 47.8 Å². The molecule has 0 spiro atoms. The van der Waals surface area contributed by atoms with Gasteiger partial charge in [-0.2, -0.15) is 8.78 Å². The molecule has 0 atom stereocenters. The van der Waals surface area contributed by atoms with Gasteiger partial charge < -0.3 is 15.8 Å². The summed E-state index contributed by atoms with van der Waals surface area (Å²) in [7, 11) is 0. The molecule has 0 amide bonds. The number of alkyl halides is 2. The lowest BCUT2D eigenvalue weighted by atomic mass is 10.2. The van der Waals surface area contributed by atoms with Gasteiger partial charge in [-0.1, -0.05) is 13.0 Å². The number of halogens is 4. The standard InChI is InChI=1S/C12H16F3N3O.HI/c1-2-6-17-12(16)18-7-8-9(13)4-3-5-10(8)19-11(14)15;/h3-5,11H,2,6-7H2,1H3,(H3,16,17,18);1H. The summed E-state index contributed by atoms with van der Waals surface area (Å²) in [6.07, 6.45) is 0.857. The number of nitrogens with zero attached hydrogens (tertiary/aromatic N) is 1. The highest BCUT2D eigenvalue weighted by Gasteiger charge is 2.13. The second kappa shape index (κ2) is 9.67. The maximum Gasteiger partial charge on any atom is 0.387 e. The molecule has 8 heteroatoms. The fourth-order valence-corrected chi connectivity index (χ4v) is 1.37. The van der Waals surface area contributed by atoms with Crippen LogP contribution in [0.2, 0.25) is 0 Å². The quantitative estimate of drug-likeness (QED) is 0.437. The number of hydrogen-bond donors (Lipinski definition) is 2. The number of rotatable bonds is 6. The van der Waals surface area contributed by atoms with Gasteiger partial charge in [0.1, 0.15) is 11.6 Å². The van der Waals surface area contributed by atoms with Crippen LogP contribution in [0, 0.1) is 5.82 Å². The van der Waals surface area contributed by atoms with Crippen LogP contribution in [-0.4, -0.2) is 19.1 Å². The Bertz CT molecular complexity index is 444. The summed E-state index contributed by atoms with van der Waals surface area (Å²) in [4.78, 5) is 3.88. The third-order valence-electron chi connectivity index (χ3n) is 2.26. The minimum Gasteiger partial charge on any atom is -0.434 e. The molecule has 1 rings (SSSR count). The van der Waals surface area contributed by atoms with E-state index in [0.29, 0.717) is 6.54 Å². The van der Waals surface area contributed by atoms with E-state index in [1.807, 2.05) is 6.92 Å². The Morgan fingerprint density at radius 2 is 2.15 bits per heavy atom. The maximum atomic E-state index is 13.5. The highest BCUT2D eigenvalue weighted by Crippen LogP contribution is 2.24. The minimum absolute atomic E-state index is 0. The first-order valence-electron chi connectivity index (χ1n) is 5.80. The lowest BCUT2D eigenvalue weighted by molar-refractivity contribution is -0.0506. The summed E-state index contributed by atoms with van der Waals surface area (Å²) in [5.41, 5.74) is 5.48. The van der Waals surface area contributed by atoms with Crippen molar-refractivity contribution < 1.29 is 17.9 Å². The van der Waals surface area contributed by atoms with E-state index in [2.05, 4.69) is 15.0 Å². The maximum absolute atomic E-state index is 13.5. The van der Waals surface area contributed by atoms with Gasteiger partial charge in [-0.25, -0.2) is 9.38 Å². The van der Waals surface area contributed by atoms with Gasteiger partial charge in [0.25, 0.3) is 0 Å². The van der Waals surface area contributed by atoms with Crippen LogP contribution < -0.4 is 15.8 Å². The topological polar surface area (TPSA) is 59.6 Å². The smallest absolute Gasteiger partial charge is 0.387 e. The third-order valence-corrected chi connectivity index (χ3v) is 2.26. The van der Waals surface area contributed by atoms with Crippen LogP contribution in [0.1, 0.15) is 18.9 Å². The van der Waals surface area contributed by atoms with Crippen molar-refractivity contribution in [2.24, 2.45) is 10.7 Å². The van der Waals surface area contributed by atoms with E-state index in [4.69, 9.17) is 5.73 Å². The number of ether oxygens (including phenoxy) is 1. The highest BCUT2D eigenvalue weighted by molar-refractivity contribution is 14.0. The van der Waals surface area contributed by atoms with E-state index >= 15 is 0 Å². The lowest BCUT2D eigenvalue weighted by Gasteiger charge is -2.10. The number of hydrogen-bond acceptors (Lipinski definition) is 2. The molecule has 0 aliphatic heterocycles. The Kier molecular flexibility index (Phi) is 9.10. The zero-order chi connectivity index (χ0) is 14.3. The van der Waals surface area contributed by atoms with Gasteiger partial charge in [0.05, 0.1) is 12.1 Å². The molecule has 1 aromatic rings. The molecule has 0 aliphatic carbocycles. The predicted octanol–water partition coefficient (Wildman–Crippen LogP) is 2.86. The molecular weight excluding hydrogens is 386 g/mol. The van der Waals surface area contributed by atoms with E-state index in [1.165, 1.54) is 12.1 Å². The summed E-state index contributed by atoms with van der Waals surface area (Å²) in [5.74, 6) is -0.764. The second-order valence-corrected chi connectivity index (χ2v) is 3.72. The normalized spacial score (nSPS) is 11.2. The van der Waals surface area contributed by atoms with Crippen molar-refractivity contribution in [2.75, 3.05) is 6.54 Å². The molecule has 0 saturated heterocycles. The third kappa shape index (κ3) is 6.31. The van der Waals surface area contributed by atoms with Crippen LogP contribution in [0.4, 0.5) is 13.2 Å². The molecule has 3 N–H and O–H groups in total. The molecule has 0 heterocycles. The average Bonchev–Trinajstić information content (AvgIpc) is 2.35. The van der Waals surface area contributed by atoms with Gasteiger partial charge in [0.2, 0.25) is 0 Å². The number of nitrogens with one attached hydrogen (secondary N) is 1. The monoisotopic (exact) mass is 403 g/mol. The Hall–Kier alpha value is -1.19. The number of nitrogens with two attached hydrogens (primary N) is 1. The predicted molar refractivity (Wildman–Crippen MR) is 82.1 cm³/mol. The van der Waals surface area contributed by atoms with E-state index in [9.17, 15) is 13.2 Å². The fraction of sp³-hybridized carbons (Fsp3) is 0.417. The number of guanidine groups is 1. The largest absolute Gasteiger partial charge is 0.434 e. The summed E-state index contributed by atoms with van der Waals surface area (Å²) in [6.45, 7) is -0.601. The van der Waals surface area contributed by atoms with Crippen molar-refractivity contribution in [1.29, 1.82) is 0 Å². The first-order valence-corrected chi connectivity index (χ1v) is 5.80. The molecule has 4 nitrogen and oxygen atoms in total. The first-order chi connectivity index (χ1) is 9.04. The summed E-state index contributed by atoms with van der Waals surface area (Å²) in [5, 5.41) is 2.80. The molecule has 0 saturated carbocycles. The van der Waals surface area contributed by atoms with Gasteiger partial charge in [-0.05, 0) is 18.6 Å².